The van der Waals surface area contributed by atoms with E-state index in [9.17, 15) is 18.0 Å². The van der Waals surface area contributed by atoms with Crippen molar-refractivity contribution in [3.8, 4) is 0 Å². The van der Waals surface area contributed by atoms with Crippen LogP contribution in [0.4, 0.5) is 16.2 Å². The van der Waals surface area contributed by atoms with Crippen LogP contribution >= 0.6 is 0 Å². The van der Waals surface area contributed by atoms with E-state index in [4.69, 9.17) is 5.73 Å². The topological polar surface area (TPSA) is 134 Å². The molecule has 0 radical (unpaired) electrons. The van der Waals surface area contributed by atoms with Crippen LogP contribution in [-0.2, 0) is 14.8 Å². The SMILES string of the molecule is CS(=O)(=O)NC1=C/C(=C2\NC(=O)NC2=O)C=CN1c1ccc(N)cc1. The fourth-order valence-electron chi connectivity index (χ4n) is 2.35. The Kier molecular flexibility index (Phi) is 3.97. The highest BCUT2D eigenvalue weighted by Gasteiger charge is 2.27. The molecule has 25 heavy (non-hydrogen) atoms. The van der Waals surface area contributed by atoms with Crippen molar-refractivity contribution in [2.75, 3.05) is 16.9 Å². The van der Waals surface area contributed by atoms with E-state index >= 15 is 0 Å². The standard InChI is InChI=1S/C15H15N5O4S/c1-25(23,24)19-12-8-9(13-14(21)18-15(22)17-13)6-7-20(12)11-4-2-10(16)3-5-11/h2-8,19H,16H2,1H3,(H2,17,18,21,22)/b13-9-. The Hall–Kier alpha value is -3.27. The lowest BCUT2D eigenvalue weighted by Gasteiger charge is -2.27. The third-order valence-corrected chi connectivity index (χ3v) is 3.98. The normalized spacial score (nSPS) is 20.2. The summed E-state index contributed by atoms with van der Waals surface area (Å²) in [6.45, 7) is 0. The molecule has 3 amide bonds. The number of urea groups is 1. The molecular weight excluding hydrogens is 346 g/mol. The number of imide groups is 1. The van der Waals surface area contributed by atoms with Crippen molar-refractivity contribution in [1.82, 2.24) is 15.4 Å². The van der Waals surface area contributed by atoms with Gasteiger partial charge in [-0.1, -0.05) is 0 Å². The molecule has 0 bridgehead atoms. The molecule has 3 rings (SSSR count). The lowest BCUT2D eigenvalue weighted by molar-refractivity contribution is -0.115. The van der Waals surface area contributed by atoms with Crippen LogP contribution in [0.25, 0.3) is 0 Å². The van der Waals surface area contributed by atoms with Crippen molar-refractivity contribution in [3.05, 3.63) is 59.7 Å². The number of anilines is 2. The zero-order valence-corrected chi connectivity index (χ0v) is 13.9. The van der Waals surface area contributed by atoms with Gasteiger partial charge in [-0.05, 0) is 36.4 Å². The molecule has 0 aliphatic carbocycles. The Labute approximate surface area is 143 Å². The van der Waals surface area contributed by atoms with E-state index in [2.05, 4.69) is 15.4 Å². The zero-order chi connectivity index (χ0) is 18.2. The summed E-state index contributed by atoms with van der Waals surface area (Å²) in [6.07, 6.45) is 5.64. The van der Waals surface area contributed by atoms with Gasteiger partial charge in [0.25, 0.3) is 5.91 Å². The van der Waals surface area contributed by atoms with Gasteiger partial charge in [0.05, 0.1) is 6.26 Å². The van der Waals surface area contributed by atoms with E-state index in [-0.39, 0.29) is 11.5 Å². The average Bonchev–Trinajstić information content (AvgIpc) is 2.85. The van der Waals surface area contributed by atoms with Crippen LogP contribution in [0.3, 0.4) is 0 Å². The first-order chi connectivity index (χ1) is 11.7. The summed E-state index contributed by atoms with van der Waals surface area (Å²) in [5, 5.41) is 4.49. The summed E-state index contributed by atoms with van der Waals surface area (Å²) in [5.74, 6) is -0.383. The summed E-state index contributed by atoms with van der Waals surface area (Å²) < 4.78 is 25.8. The van der Waals surface area contributed by atoms with Gasteiger partial charge in [0.1, 0.15) is 11.5 Å². The predicted octanol–water partition coefficient (Wildman–Crippen LogP) is 0.0866. The van der Waals surface area contributed by atoms with Gasteiger partial charge in [-0.15, -0.1) is 0 Å². The van der Waals surface area contributed by atoms with E-state index in [0.717, 1.165) is 6.26 Å². The maximum absolute atomic E-state index is 11.8. The lowest BCUT2D eigenvalue weighted by Crippen LogP contribution is -2.33. The van der Waals surface area contributed by atoms with E-state index in [0.29, 0.717) is 16.9 Å². The molecule has 2 aliphatic rings. The molecule has 0 unspecified atom stereocenters. The van der Waals surface area contributed by atoms with Crippen molar-refractivity contribution >= 4 is 33.3 Å². The van der Waals surface area contributed by atoms with Crippen molar-refractivity contribution in [1.29, 1.82) is 0 Å². The molecule has 1 aromatic carbocycles. The number of allylic oxidation sites excluding steroid dienone is 3. The van der Waals surface area contributed by atoms with Crippen molar-refractivity contribution in [2.24, 2.45) is 0 Å². The number of amides is 3. The molecule has 0 atom stereocenters. The van der Waals surface area contributed by atoms with E-state index < -0.39 is 22.0 Å². The number of nitrogens with zero attached hydrogens (tertiary/aromatic N) is 1. The van der Waals surface area contributed by atoms with Crippen molar-refractivity contribution in [3.63, 3.8) is 0 Å². The summed E-state index contributed by atoms with van der Waals surface area (Å²) >= 11 is 0. The van der Waals surface area contributed by atoms with Gasteiger partial charge in [-0.3, -0.25) is 14.8 Å². The molecular formula is C15H15N5O4S. The number of nitrogens with two attached hydrogens (primary N) is 1. The molecule has 0 spiro atoms. The molecule has 5 N–H and O–H groups in total. The first-order valence-electron chi connectivity index (χ1n) is 7.12. The molecule has 9 nitrogen and oxygen atoms in total. The maximum Gasteiger partial charge on any atom is 0.326 e. The number of rotatable bonds is 3. The zero-order valence-electron chi connectivity index (χ0n) is 13.1. The molecule has 130 valence electrons. The number of carbonyl (C=O) groups excluding carboxylic acids is 2. The fourth-order valence-corrected chi connectivity index (χ4v) is 2.89. The highest BCUT2D eigenvalue weighted by atomic mass is 32.2. The third-order valence-electron chi connectivity index (χ3n) is 3.40. The van der Waals surface area contributed by atoms with Crippen LogP contribution in [0, 0.1) is 0 Å². The van der Waals surface area contributed by atoms with Gasteiger partial charge < -0.3 is 16.0 Å². The minimum Gasteiger partial charge on any atom is -0.399 e. The van der Waals surface area contributed by atoms with Crippen LogP contribution < -0.4 is 26.0 Å². The molecule has 1 fully saturated rings. The quantitative estimate of drug-likeness (QED) is 0.342. The van der Waals surface area contributed by atoms with Crippen LogP contribution in [0.2, 0.25) is 0 Å². The smallest absolute Gasteiger partial charge is 0.326 e. The Bertz CT molecular complexity index is 945. The Morgan fingerprint density at radius 1 is 1.12 bits per heavy atom. The van der Waals surface area contributed by atoms with E-state index in [1.54, 1.807) is 41.4 Å². The number of sulfonamides is 1. The second-order valence-electron chi connectivity index (χ2n) is 5.42. The maximum atomic E-state index is 11.8. The highest BCUT2D eigenvalue weighted by molar-refractivity contribution is 7.88. The van der Waals surface area contributed by atoms with E-state index in [1.165, 1.54) is 6.08 Å². The summed E-state index contributed by atoms with van der Waals surface area (Å²) in [7, 11) is -3.57. The van der Waals surface area contributed by atoms with Gasteiger partial charge in [-0.25, -0.2) is 13.2 Å². The molecule has 0 aromatic heterocycles. The predicted molar refractivity (Wildman–Crippen MR) is 92.2 cm³/mol. The molecule has 2 heterocycles. The highest BCUT2D eigenvalue weighted by Crippen LogP contribution is 2.26. The van der Waals surface area contributed by atoms with Gasteiger partial charge in [0.15, 0.2) is 0 Å². The Morgan fingerprint density at radius 3 is 2.36 bits per heavy atom. The lowest BCUT2D eigenvalue weighted by atomic mass is 10.1. The number of hydrogen-bond acceptors (Lipinski definition) is 6. The van der Waals surface area contributed by atoms with Crippen molar-refractivity contribution in [2.45, 2.75) is 0 Å². The van der Waals surface area contributed by atoms with Gasteiger partial charge in [0, 0.05) is 23.1 Å². The summed E-state index contributed by atoms with van der Waals surface area (Å²) in [6, 6.07) is 6.17. The Balaban J connectivity index is 2.04. The van der Waals surface area contributed by atoms with Gasteiger partial charge in [0.2, 0.25) is 10.0 Å². The number of nitrogen functional groups attached to an aromatic ring is 1. The summed E-state index contributed by atoms with van der Waals surface area (Å²) in [4.78, 5) is 24.6. The summed E-state index contributed by atoms with van der Waals surface area (Å²) in [5.41, 5.74) is 7.31. The molecule has 2 aliphatic heterocycles. The van der Waals surface area contributed by atoms with Gasteiger partial charge in [-0.2, -0.15) is 0 Å². The second-order valence-corrected chi connectivity index (χ2v) is 7.17. The van der Waals surface area contributed by atoms with Crippen LogP contribution in [0.5, 0.6) is 0 Å². The molecule has 1 aromatic rings. The second kappa shape index (κ2) is 5.98. The number of nitrogens with one attached hydrogen (secondary N) is 3. The molecule has 10 heteroatoms. The third kappa shape index (κ3) is 3.63. The number of benzene rings is 1. The largest absolute Gasteiger partial charge is 0.399 e. The number of hydrogen-bond donors (Lipinski definition) is 4. The molecule has 1 saturated heterocycles. The van der Waals surface area contributed by atoms with Gasteiger partial charge >= 0.3 is 6.03 Å². The van der Waals surface area contributed by atoms with E-state index in [1.807, 2.05) is 0 Å². The molecule has 0 saturated carbocycles. The first kappa shape index (κ1) is 16.6. The van der Waals surface area contributed by atoms with Crippen LogP contribution in [0.15, 0.2) is 59.7 Å². The number of carbonyl (C=O) groups is 2. The van der Waals surface area contributed by atoms with Crippen molar-refractivity contribution < 1.29 is 18.0 Å². The monoisotopic (exact) mass is 361 g/mol. The van der Waals surface area contributed by atoms with Crippen LogP contribution in [-0.4, -0.2) is 26.6 Å². The Morgan fingerprint density at radius 2 is 1.80 bits per heavy atom. The fraction of sp³-hybridized carbons (Fsp3) is 0.0667. The first-order valence-corrected chi connectivity index (χ1v) is 9.01. The minimum atomic E-state index is -3.57. The van der Waals surface area contributed by atoms with Crippen LogP contribution in [0.1, 0.15) is 0 Å². The average molecular weight is 361 g/mol. The minimum absolute atomic E-state index is 0.0472.